The Labute approximate surface area is 99.5 Å². The van der Waals surface area contributed by atoms with Crippen LogP contribution in [-0.4, -0.2) is 25.8 Å². The van der Waals surface area contributed by atoms with E-state index in [9.17, 15) is 9.18 Å². The molecule has 5 heteroatoms. The third kappa shape index (κ3) is 4.03. The SMILES string of the molecule is CCCOCCOC(=O)c1cccc(F)c1N. The van der Waals surface area contributed by atoms with Crippen molar-refractivity contribution in [3.8, 4) is 0 Å². The molecule has 0 saturated heterocycles. The van der Waals surface area contributed by atoms with E-state index in [0.29, 0.717) is 13.2 Å². The Bertz CT molecular complexity index is 382. The summed E-state index contributed by atoms with van der Waals surface area (Å²) >= 11 is 0. The van der Waals surface area contributed by atoms with E-state index in [2.05, 4.69) is 0 Å². The number of ether oxygens (including phenoxy) is 2. The largest absolute Gasteiger partial charge is 0.460 e. The van der Waals surface area contributed by atoms with E-state index in [4.69, 9.17) is 15.2 Å². The average molecular weight is 241 g/mol. The molecule has 4 nitrogen and oxygen atoms in total. The summed E-state index contributed by atoms with van der Waals surface area (Å²) in [4.78, 5) is 11.5. The van der Waals surface area contributed by atoms with Gasteiger partial charge in [0.05, 0.1) is 17.9 Å². The summed E-state index contributed by atoms with van der Waals surface area (Å²) < 4.78 is 23.1. The van der Waals surface area contributed by atoms with Crippen molar-refractivity contribution in [3.63, 3.8) is 0 Å². The van der Waals surface area contributed by atoms with Gasteiger partial charge in [-0.3, -0.25) is 0 Å². The molecule has 0 bridgehead atoms. The van der Waals surface area contributed by atoms with Gasteiger partial charge >= 0.3 is 5.97 Å². The molecule has 0 spiro atoms. The van der Waals surface area contributed by atoms with E-state index in [1.165, 1.54) is 18.2 Å². The van der Waals surface area contributed by atoms with Crippen molar-refractivity contribution < 1.29 is 18.7 Å². The summed E-state index contributed by atoms with van der Waals surface area (Å²) in [5.74, 6) is -1.26. The first-order chi connectivity index (χ1) is 8.16. The highest BCUT2D eigenvalue weighted by molar-refractivity contribution is 5.95. The zero-order chi connectivity index (χ0) is 12.7. The maximum atomic E-state index is 13.1. The average Bonchev–Trinajstić information content (AvgIpc) is 2.32. The van der Waals surface area contributed by atoms with E-state index >= 15 is 0 Å². The number of hydrogen-bond donors (Lipinski definition) is 1. The molecular formula is C12H16FNO3. The molecule has 17 heavy (non-hydrogen) atoms. The molecule has 0 radical (unpaired) electrons. The Hall–Kier alpha value is -1.62. The highest BCUT2D eigenvalue weighted by Gasteiger charge is 2.13. The number of carbonyl (C=O) groups excluding carboxylic acids is 1. The lowest BCUT2D eigenvalue weighted by Crippen LogP contribution is -2.13. The summed E-state index contributed by atoms with van der Waals surface area (Å²) in [5, 5.41) is 0. The number of esters is 1. The third-order valence-electron chi connectivity index (χ3n) is 2.08. The van der Waals surface area contributed by atoms with Crippen molar-refractivity contribution in [2.24, 2.45) is 0 Å². The molecule has 0 unspecified atom stereocenters. The molecular weight excluding hydrogens is 225 g/mol. The highest BCUT2D eigenvalue weighted by Crippen LogP contribution is 2.16. The van der Waals surface area contributed by atoms with E-state index in [0.717, 1.165) is 6.42 Å². The van der Waals surface area contributed by atoms with Crippen LogP contribution in [0.25, 0.3) is 0 Å². The minimum atomic E-state index is -0.637. The second kappa shape index (κ2) is 6.85. The van der Waals surface area contributed by atoms with Gasteiger partial charge in [0, 0.05) is 6.61 Å². The number of nitrogens with two attached hydrogens (primary N) is 1. The smallest absolute Gasteiger partial charge is 0.340 e. The van der Waals surface area contributed by atoms with Crippen LogP contribution in [0.1, 0.15) is 23.7 Å². The quantitative estimate of drug-likeness (QED) is 0.470. The normalized spacial score (nSPS) is 10.2. The minimum Gasteiger partial charge on any atom is -0.460 e. The number of para-hydroxylation sites is 1. The molecule has 1 rings (SSSR count). The van der Waals surface area contributed by atoms with Crippen molar-refractivity contribution >= 4 is 11.7 Å². The van der Waals surface area contributed by atoms with Crippen LogP contribution in [-0.2, 0) is 9.47 Å². The summed E-state index contributed by atoms with van der Waals surface area (Å²) in [6.45, 7) is 3.07. The molecule has 2 N–H and O–H groups in total. The first kappa shape index (κ1) is 13.4. The number of halogens is 1. The number of anilines is 1. The zero-order valence-corrected chi connectivity index (χ0v) is 9.74. The lowest BCUT2D eigenvalue weighted by atomic mass is 10.2. The third-order valence-corrected chi connectivity index (χ3v) is 2.08. The Morgan fingerprint density at radius 2 is 2.12 bits per heavy atom. The Morgan fingerprint density at radius 1 is 1.35 bits per heavy atom. The van der Waals surface area contributed by atoms with E-state index in [-0.39, 0.29) is 17.9 Å². The van der Waals surface area contributed by atoms with Gasteiger partial charge in [-0.1, -0.05) is 13.0 Å². The van der Waals surface area contributed by atoms with Gasteiger partial charge in [-0.25, -0.2) is 9.18 Å². The summed E-state index contributed by atoms with van der Waals surface area (Å²) in [6, 6.07) is 4.03. The molecule has 94 valence electrons. The fraction of sp³-hybridized carbons (Fsp3) is 0.417. The molecule has 1 aromatic rings. The van der Waals surface area contributed by atoms with Crippen molar-refractivity contribution in [1.29, 1.82) is 0 Å². The van der Waals surface area contributed by atoms with Crippen LogP contribution in [0.2, 0.25) is 0 Å². The maximum absolute atomic E-state index is 13.1. The van der Waals surface area contributed by atoms with Crippen LogP contribution in [0.15, 0.2) is 18.2 Å². The Kier molecular flexibility index (Phi) is 5.42. The molecule has 0 aliphatic rings. The minimum absolute atomic E-state index is 0.0421. The number of benzene rings is 1. The number of nitrogen functional groups attached to an aromatic ring is 1. The van der Waals surface area contributed by atoms with Crippen LogP contribution >= 0.6 is 0 Å². The van der Waals surface area contributed by atoms with Crippen LogP contribution in [0.4, 0.5) is 10.1 Å². The monoisotopic (exact) mass is 241 g/mol. The Morgan fingerprint density at radius 3 is 2.82 bits per heavy atom. The van der Waals surface area contributed by atoms with E-state index in [1.54, 1.807) is 0 Å². The fourth-order valence-corrected chi connectivity index (χ4v) is 1.23. The van der Waals surface area contributed by atoms with Crippen molar-refractivity contribution in [2.75, 3.05) is 25.6 Å². The molecule has 0 atom stereocenters. The molecule has 0 aliphatic carbocycles. The lowest BCUT2D eigenvalue weighted by Gasteiger charge is -2.07. The van der Waals surface area contributed by atoms with E-state index in [1.807, 2.05) is 6.92 Å². The maximum Gasteiger partial charge on any atom is 0.340 e. The highest BCUT2D eigenvalue weighted by atomic mass is 19.1. The van der Waals surface area contributed by atoms with Gasteiger partial charge in [-0.2, -0.15) is 0 Å². The van der Waals surface area contributed by atoms with Crippen molar-refractivity contribution in [1.82, 2.24) is 0 Å². The van der Waals surface area contributed by atoms with Crippen molar-refractivity contribution in [3.05, 3.63) is 29.6 Å². The first-order valence-corrected chi connectivity index (χ1v) is 5.45. The molecule has 0 fully saturated rings. The van der Waals surface area contributed by atoms with E-state index < -0.39 is 11.8 Å². The fourth-order valence-electron chi connectivity index (χ4n) is 1.23. The standard InChI is InChI=1S/C12H16FNO3/c1-2-6-16-7-8-17-12(15)9-4-3-5-10(13)11(9)14/h3-5H,2,6-8,14H2,1H3. The summed E-state index contributed by atoms with van der Waals surface area (Å²) in [5.41, 5.74) is 5.28. The first-order valence-electron chi connectivity index (χ1n) is 5.45. The van der Waals surface area contributed by atoms with Crippen molar-refractivity contribution in [2.45, 2.75) is 13.3 Å². The van der Waals surface area contributed by atoms with Gasteiger partial charge in [-0.15, -0.1) is 0 Å². The zero-order valence-electron chi connectivity index (χ0n) is 9.74. The van der Waals surface area contributed by atoms with Crippen LogP contribution < -0.4 is 5.73 Å². The number of rotatable bonds is 6. The summed E-state index contributed by atoms with van der Waals surface area (Å²) in [6.07, 6.45) is 0.908. The van der Waals surface area contributed by atoms with Crippen LogP contribution in [0, 0.1) is 5.82 Å². The predicted molar refractivity (Wildman–Crippen MR) is 62.2 cm³/mol. The summed E-state index contributed by atoms with van der Waals surface area (Å²) in [7, 11) is 0. The van der Waals surface area contributed by atoms with Gasteiger partial charge in [0.15, 0.2) is 0 Å². The molecule has 0 saturated carbocycles. The Balaban J connectivity index is 2.44. The van der Waals surface area contributed by atoms with Crippen LogP contribution in [0.5, 0.6) is 0 Å². The molecule has 0 aliphatic heterocycles. The molecule has 0 heterocycles. The van der Waals surface area contributed by atoms with Gasteiger partial charge in [0.25, 0.3) is 0 Å². The second-order valence-electron chi connectivity index (χ2n) is 3.45. The molecule has 1 aromatic carbocycles. The molecule has 0 aromatic heterocycles. The van der Waals surface area contributed by atoms with Gasteiger partial charge in [0.1, 0.15) is 12.4 Å². The predicted octanol–water partition coefficient (Wildman–Crippen LogP) is 1.99. The van der Waals surface area contributed by atoms with Gasteiger partial charge in [0.2, 0.25) is 0 Å². The lowest BCUT2D eigenvalue weighted by molar-refractivity contribution is 0.0319. The van der Waals surface area contributed by atoms with Gasteiger partial charge < -0.3 is 15.2 Å². The molecule has 0 amide bonds. The second-order valence-corrected chi connectivity index (χ2v) is 3.45. The number of hydrogen-bond acceptors (Lipinski definition) is 4. The van der Waals surface area contributed by atoms with Gasteiger partial charge in [-0.05, 0) is 18.6 Å². The topological polar surface area (TPSA) is 61.5 Å². The van der Waals surface area contributed by atoms with Crippen LogP contribution in [0.3, 0.4) is 0 Å². The number of carbonyl (C=O) groups is 1.